The molecule has 6 atom stereocenters. The summed E-state index contributed by atoms with van der Waals surface area (Å²) in [4.78, 5) is 10.6. The highest BCUT2D eigenvalue weighted by Crippen LogP contribution is 2.43. The predicted octanol–water partition coefficient (Wildman–Crippen LogP) is 3.15. The first kappa shape index (κ1) is 18.2. The Balaban J connectivity index is 1.88. The summed E-state index contributed by atoms with van der Waals surface area (Å²) in [6, 6.07) is 0. The number of aliphatic hydroxyl groups excluding tert-OH is 2. The van der Waals surface area contributed by atoms with Crippen LogP contribution < -0.4 is 0 Å². The number of carboxylic acids is 1. The van der Waals surface area contributed by atoms with Crippen molar-refractivity contribution in [3.05, 3.63) is 23.8 Å². The molecule has 0 fully saturated rings. The van der Waals surface area contributed by atoms with Crippen molar-refractivity contribution in [2.45, 2.75) is 64.6 Å². The van der Waals surface area contributed by atoms with Crippen molar-refractivity contribution in [1.82, 2.24) is 0 Å². The molecule has 23 heavy (non-hydrogen) atoms. The minimum absolute atomic E-state index is 0.146. The number of fused-ring (bicyclic) bond motifs is 1. The molecule has 3 N–H and O–H groups in total. The highest BCUT2D eigenvalue weighted by Gasteiger charge is 2.33. The van der Waals surface area contributed by atoms with Gasteiger partial charge in [-0.1, -0.05) is 32.1 Å². The van der Waals surface area contributed by atoms with E-state index in [0.717, 1.165) is 6.42 Å². The van der Waals surface area contributed by atoms with Gasteiger partial charge in [0.15, 0.2) is 0 Å². The molecular weight excluding hydrogens is 292 g/mol. The average Bonchev–Trinajstić information content (AvgIpc) is 2.45. The van der Waals surface area contributed by atoms with E-state index in [0.29, 0.717) is 30.1 Å². The van der Waals surface area contributed by atoms with E-state index in [1.807, 2.05) is 0 Å². The summed E-state index contributed by atoms with van der Waals surface area (Å²) in [5.74, 6) is 1.24. The van der Waals surface area contributed by atoms with E-state index >= 15 is 0 Å². The molecule has 0 bridgehead atoms. The molecule has 130 valence electrons. The number of aliphatic carboxylic acids is 1. The van der Waals surface area contributed by atoms with Crippen molar-refractivity contribution < 1.29 is 20.1 Å². The van der Waals surface area contributed by atoms with Gasteiger partial charge in [-0.25, -0.2) is 0 Å². The first-order valence-electron chi connectivity index (χ1n) is 8.84. The Hall–Kier alpha value is -1.13. The van der Waals surface area contributed by atoms with Gasteiger partial charge >= 0.3 is 5.97 Å². The third kappa shape index (κ3) is 5.18. The Morgan fingerprint density at radius 1 is 1.26 bits per heavy atom. The fourth-order valence-electron chi connectivity index (χ4n) is 4.12. The Morgan fingerprint density at radius 2 is 2.00 bits per heavy atom. The Kier molecular flexibility index (Phi) is 6.42. The second-order valence-corrected chi connectivity index (χ2v) is 7.43. The summed E-state index contributed by atoms with van der Waals surface area (Å²) in [7, 11) is 0. The maximum Gasteiger partial charge on any atom is 0.305 e. The van der Waals surface area contributed by atoms with Crippen LogP contribution in [0.25, 0.3) is 0 Å². The fourth-order valence-corrected chi connectivity index (χ4v) is 4.12. The number of allylic oxidation sites excluding steroid dienone is 4. The van der Waals surface area contributed by atoms with E-state index in [1.54, 1.807) is 0 Å². The first-order chi connectivity index (χ1) is 10.9. The van der Waals surface area contributed by atoms with Crippen LogP contribution in [0.5, 0.6) is 0 Å². The van der Waals surface area contributed by atoms with Gasteiger partial charge in [-0.2, -0.15) is 0 Å². The second-order valence-electron chi connectivity index (χ2n) is 7.43. The average molecular weight is 322 g/mol. The summed E-state index contributed by atoms with van der Waals surface area (Å²) in [6.45, 7) is 4.50. The van der Waals surface area contributed by atoms with Crippen LogP contribution in [0, 0.1) is 23.7 Å². The number of aliphatic hydroxyl groups is 2. The SMILES string of the molecule is CC1C=C2C=C[C@H](C)[C@H](CC[C@@H](O)C[C@@H](O)CC(=O)O)C2CC1. The molecule has 0 saturated heterocycles. The lowest BCUT2D eigenvalue weighted by molar-refractivity contribution is -0.139. The van der Waals surface area contributed by atoms with E-state index in [9.17, 15) is 15.0 Å². The number of carbonyl (C=O) groups is 1. The minimum atomic E-state index is -1.03. The number of hydrogen-bond acceptors (Lipinski definition) is 3. The van der Waals surface area contributed by atoms with Crippen molar-refractivity contribution in [1.29, 1.82) is 0 Å². The minimum Gasteiger partial charge on any atom is -0.481 e. The van der Waals surface area contributed by atoms with E-state index in [4.69, 9.17) is 5.11 Å². The molecule has 0 saturated carbocycles. The molecule has 2 aliphatic carbocycles. The number of rotatable bonds is 7. The van der Waals surface area contributed by atoms with E-state index in [-0.39, 0.29) is 12.8 Å². The first-order valence-corrected chi connectivity index (χ1v) is 8.84. The number of hydrogen-bond donors (Lipinski definition) is 3. The fraction of sp³-hybridized carbons (Fsp3) is 0.737. The Morgan fingerprint density at radius 3 is 2.70 bits per heavy atom. The molecule has 0 aliphatic heterocycles. The third-order valence-electron chi connectivity index (χ3n) is 5.41. The van der Waals surface area contributed by atoms with Crippen molar-refractivity contribution in [3.8, 4) is 0 Å². The highest BCUT2D eigenvalue weighted by molar-refractivity contribution is 5.67. The number of carboxylic acid groups (broad SMARTS) is 1. The maximum absolute atomic E-state index is 10.6. The Labute approximate surface area is 138 Å². The van der Waals surface area contributed by atoms with Crippen LogP contribution in [0.1, 0.15) is 52.4 Å². The van der Waals surface area contributed by atoms with Gasteiger partial charge in [-0.3, -0.25) is 4.79 Å². The lowest BCUT2D eigenvalue weighted by atomic mass is 9.66. The zero-order valence-corrected chi connectivity index (χ0v) is 14.2. The normalized spacial score (nSPS) is 32.8. The molecule has 0 aromatic heterocycles. The predicted molar refractivity (Wildman–Crippen MR) is 89.9 cm³/mol. The molecule has 4 nitrogen and oxygen atoms in total. The van der Waals surface area contributed by atoms with Gasteiger partial charge in [-0.15, -0.1) is 0 Å². The van der Waals surface area contributed by atoms with Crippen LogP contribution in [-0.2, 0) is 4.79 Å². The van der Waals surface area contributed by atoms with Crippen molar-refractivity contribution in [3.63, 3.8) is 0 Å². The second kappa shape index (κ2) is 8.11. The van der Waals surface area contributed by atoms with Crippen molar-refractivity contribution in [2.75, 3.05) is 0 Å². The summed E-state index contributed by atoms with van der Waals surface area (Å²) < 4.78 is 0. The largest absolute Gasteiger partial charge is 0.481 e. The van der Waals surface area contributed by atoms with Gasteiger partial charge in [0.25, 0.3) is 0 Å². The van der Waals surface area contributed by atoms with Crippen LogP contribution in [0.2, 0.25) is 0 Å². The lowest BCUT2D eigenvalue weighted by Crippen LogP contribution is -2.30. The molecule has 0 aromatic rings. The molecule has 0 radical (unpaired) electrons. The lowest BCUT2D eigenvalue weighted by Gasteiger charge is -2.39. The maximum atomic E-state index is 10.6. The quantitative estimate of drug-likeness (QED) is 0.673. The molecular formula is C19H30O4. The standard InChI is InChI=1S/C19H30O4/c1-12-3-7-18-14(9-12)5-4-13(2)17(18)8-6-15(20)10-16(21)11-19(22)23/h4-5,9,12-13,15-18,20-21H,3,6-8,10-11H2,1-2H3,(H,22,23)/t12?,13-,15+,16+,17-,18?/m0/s1. The summed E-state index contributed by atoms with van der Waals surface area (Å²) in [5.41, 5.74) is 1.45. The highest BCUT2D eigenvalue weighted by atomic mass is 16.4. The molecule has 2 rings (SSSR count). The van der Waals surface area contributed by atoms with Crippen LogP contribution >= 0.6 is 0 Å². The molecule has 0 amide bonds. The van der Waals surface area contributed by atoms with Crippen LogP contribution in [0.4, 0.5) is 0 Å². The van der Waals surface area contributed by atoms with Gasteiger partial charge in [0.05, 0.1) is 18.6 Å². The van der Waals surface area contributed by atoms with Crippen molar-refractivity contribution >= 4 is 5.97 Å². The zero-order chi connectivity index (χ0) is 17.0. The molecule has 4 heteroatoms. The molecule has 0 heterocycles. The smallest absolute Gasteiger partial charge is 0.305 e. The summed E-state index contributed by atoms with van der Waals surface area (Å²) in [5, 5.41) is 28.4. The van der Waals surface area contributed by atoms with E-state index in [2.05, 4.69) is 32.1 Å². The van der Waals surface area contributed by atoms with Crippen LogP contribution in [0.15, 0.2) is 23.8 Å². The van der Waals surface area contributed by atoms with Crippen LogP contribution in [-0.4, -0.2) is 33.5 Å². The van der Waals surface area contributed by atoms with Gasteiger partial charge in [-0.05, 0) is 61.3 Å². The molecule has 2 unspecified atom stereocenters. The summed E-state index contributed by atoms with van der Waals surface area (Å²) in [6.07, 6.45) is 9.17. The third-order valence-corrected chi connectivity index (χ3v) is 5.41. The van der Waals surface area contributed by atoms with Gasteiger partial charge in [0.2, 0.25) is 0 Å². The molecule has 0 aromatic carbocycles. The summed E-state index contributed by atoms with van der Waals surface area (Å²) >= 11 is 0. The monoisotopic (exact) mass is 322 g/mol. The van der Waals surface area contributed by atoms with Gasteiger partial charge in [0.1, 0.15) is 0 Å². The Bertz CT molecular complexity index is 468. The molecule has 2 aliphatic rings. The topological polar surface area (TPSA) is 77.8 Å². The zero-order valence-electron chi connectivity index (χ0n) is 14.2. The van der Waals surface area contributed by atoms with E-state index < -0.39 is 18.2 Å². The van der Waals surface area contributed by atoms with Crippen molar-refractivity contribution in [2.24, 2.45) is 23.7 Å². The van der Waals surface area contributed by atoms with E-state index in [1.165, 1.54) is 18.4 Å². The van der Waals surface area contributed by atoms with Gasteiger partial charge in [0, 0.05) is 0 Å². The van der Waals surface area contributed by atoms with Gasteiger partial charge < -0.3 is 15.3 Å². The molecule has 0 spiro atoms. The van der Waals surface area contributed by atoms with Crippen LogP contribution in [0.3, 0.4) is 0 Å².